The predicted molar refractivity (Wildman–Crippen MR) is 74.0 cm³/mol. The van der Waals surface area contributed by atoms with Crippen LogP contribution in [0.5, 0.6) is 0 Å². The van der Waals surface area contributed by atoms with Crippen LogP contribution >= 0.6 is 0 Å². The number of rotatable bonds is 8. The molecule has 0 amide bonds. The Morgan fingerprint density at radius 2 is 1.70 bits per heavy atom. The topological polar surface area (TPSA) is 77.5 Å². The molecule has 0 saturated heterocycles. The fraction of sp³-hybridized carbons (Fsp3) is 0.333. The molecule has 108 valence electrons. The number of hydrogen-bond donors (Lipinski definition) is 0. The van der Waals surface area contributed by atoms with Crippen LogP contribution in [0, 0.1) is 0 Å². The zero-order chi connectivity index (χ0) is 15.7. The van der Waals surface area contributed by atoms with Crippen molar-refractivity contribution >= 4 is 23.3 Å². The molecular formula is C15H18O5. The van der Waals surface area contributed by atoms with Crippen LogP contribution in [0.3, 0.4) is 0 Å². The van der Waals surface area contributed by atoms with Crippen LogP contribution in [0.4, 0.5) is 0 Å². The predicted octanol–water partition coefficient (Wildman–Crippen LogP) is 1.73. The first-order valence-electron chi connectivity index (χ1n) is 6.00. The molecule has 0 radical (unpaired) electrons. The van der Waals surface area contributed by atoms with Gasteiger partial charge in [0, 0.05) is 12.0 Å². The van der Waals surface area contributed by atoms with Crippen LogP contribution in [-0.4, -0.2) is 30.4 Å². The largest absolute Gasteiger partial charge is 0.469 e. The van der Waals surface area contributed by atoms with Crippen molar-refractivity contribution in [2.45, 2.75) is 26.7 Å². The monoisotopic (exact) mass is 278 g/mol. The minimum absolute atomic E-state index is 0.0606. The summed E-state index contributed by atoms with van der Waals surface area (Å²) >= 11 is 0. The summed E-state index contributed by atoms with van der Waals surface area (Å²) < 4.78 is 4.46. The normalized spacial score (nSPS) is 11.8. The Morgan fingerprint density at radius 1 is 1.10 bits per heavy atom. The lowest BCUT2D eigenvalue weighted by molar-refractivity contribution is -0.140. The fourth-order valence-corrected chi connectivity index (χ4v) is 1.38. The second-order valence-corrected chi connectivity index (χ2v) is 4.01. The molecule has 0 unspecified atom stereocenters. The lowest BCUT2D eigenvalue weighted by Crippen LogP contribution is -2.10. The Hall–Kier alpha value is -2.30. The van der Waals surface area contributed by atoms with Crippen LogP contribution < -0.4 is 0 Å². The first-order valence-corrected chi connectivity index (χ1v) is 6.00. The Labute approximate surface area is 118 Å². The molecule has 0 N–H and O–H groups in total. The highest BCUT2D eigenvalue weighted by Gasteiger charge is 2.13. The quantitative estimate of drug-likeness (QED) is 0.222. The summed E-state index contributed by atoms with van der Waals surface area (Å²) in [4.78, 5) is 45.5. The highest BCUT2D eigenvalue weighted by molar-refractivity contribution is 6.24. The fourth-order valence-electron chi connectivity index (χ4n) is 1.38. The smallest absolute Gasteiger partial charge is 0.305 e. The van der Waals surface area contributed by atoms with Gasteiger partial charge in [-0.15, -0.1) is 0 Å². The van der Waals surface area contributed by atoms with E-state index in [4.69, 9.17) is 0 Å². The standard InChI is InChI=1S/C15H18O5/c1-5-12(10(2)16)9-14(18)13(11(3)17)7-6-8-15(19)20-4/h5,7,9H,1,6,8H2,2-4H3. The van der Waals surface area contributed by atoms with E-state index in [1.165, 1.54) is 33.1 Å². The van der Waals surface area contributed by atoms with Gasteiger partial charge in [0.05, 0.1) is 12.7 Å². The van der Waals surface area contributed by atoms with Crippen molar-refractivity contribution in [3.05, 3.63) is 36.0 Å². The first-order chi connectivity index (χ1) is 9.33. The molecule has 0 aliphatic heterocycles. The molecule has 0 atom stereocenters. The molecule has 0 aliphatic rings. The van der Waals surface area contributed by atoms with E-state index in [0.29, 0.717) is 0 Å². The Balaban J connectivity index is 5.10. The number of ether oxygens (including phenoxy) is 1. The zero-order valence-electron chi connectivity index (χ0n) is 11.9. The molecule has 5 nitrogen and oxygen atoms in total. The summed E-state index contributed by atoms with van der Waals surface area (Å²) in [5.41, 5.74) is 0.0737. The van der Waals surface area contributed by atoms with Crippen molar-refractivity contribution in [1.29, 1.82) is 0 Å². The average molecular weight is 278 g/mol. The molecule has 0 saturated carbocycles. The summed E-state index contributed by atoms with van der Waals surface area (Å²) in [6, 6.07) is 0. The van der Waals surface area contributed by atoms with Crippen LogP contribution in [0.1, 0.15) is 26.7 Å². The van der Waals surface area contributed by atoms with E-state index >= 15 is 0 Å². The maximum atomic E-state index is 11.9. The highest BCUT2D eigenvalue weighted by atomic mass is 16.5. The van der Waals surface area contributed by atoms with Gasteiger partial charge in [0.25, 0.3) is 0 Å². The van der Waals surface area contributed by atoms with Gasteiger partial charge < -0.3 is 4.74 Å². The number of esters is 1. The van der Waals surface area contributed by atoms with Crippen molar-refractivity contribution in [3.63, 3.8) is 0 Å². The van der Waals surface area contributed by atoms with Gasteiger partial charge in [-0.3, -0.25) is 19.2 Å². The van der Waals surface area contributed by atoms with Crippen molar-refractivity contribution in [2.24, 2.45) is 0 Å². The van der Waals surface area contributed by atoms with Crippen LogP contribution in [0.2, 0.25) is 0 Å². The Bertz CT molecular complexity index is 494. The third kappa shape index (κ3) is 6.04. The minimum Gasteiger partial charge on any atom is -0.469 e. The second-order valence-electron chi connectivity index (χ2n) is 4.01. The van der Waals surface area contributed by atoms with Crippen molar-refractivity contribution in [3.8, 4) is 0 Å². The van der Waals surface area contributed by atoms with Gasteiger partial charge in [0.1, 0.15) is 0 Å². The van der Waals surface area contributed by atoms with Gasteiger partial charge in [-0.25, -0.2) is 0 Å². The van der Waals surface area contributed by atoms with Crippen LogP contribution in [0.25, 0.3) is 0 Å². The second kappa shape index (κ2) is 8.74. The lowest BCUT2D eigenvalue weighted by Gasteiger charge is -2.01. The zero-order valence-corrected chi connectivity index (χ0v) is 11.9. The lowest BCUT2D eigenvalue weighted by atomic mass is 10.0. The van der Waals surface area contributed by atoms with E-state index in [2.05, 4.69) is 11.3 Å². The van der Waals surface area contributed by atoms with Crippen molar-refractivity contribution < 1.29 is 23.9 Å². The molecule has 0 fully saturated rings. The SMILES string of the molecule is C=CC(=CC(=O)C(=CCCC(=O)OC)C(C)=O)C(C)=O. The number of methoxy groups -OCH3 is 1. The maximum absolute atomic E-state index is 11.9. The van der Waals surface area contributed by atoms with E-state index < -0.39 is 17.5 Å². The highest BCUT2D eigenvalue weighted by Crippen LogP contribution is 2.08. The molecule has 0 aromatic heterocycles. The third-order valence-electron chi connectivity index (χ3n) is 2.48. The number of allylic oxidation sites excluding steroid dienone is 5. The minimum atomic E-state index is -0.576. The molecule has 0 rings (SSSR count). The van der Waals surface area contributed by atoms with Crippen LogP contribution in [-0.2, 0) is 23.9 Å². The van der Waals surface area contributed by atoms with Crippen molar-refractivity contribution in [2.75, 3.05) is 7.11 Å². The average Bonchev–Trinajstić information content (AvgIpc) is 2.39. The van der Waals surface area contributed by atoms with E-state index in [1.54, 1.807) is 0 Å². The molecule has 0 heterocycles. The number of carbonyl (C=O) groups excluding carboxylic acids is 4. The molecule has 0 aromatic carbocycles. The van der Waals surface area contributed by atoms with Gasteiger partial charge in [-0.1, -0.05) is 18.7 Å². The molecule has 5 heteroatoms. The summed E-state index contributed by atoms with van der Waals surface area (Å²) in [7, 11) is 1.26. The molecular weight excluding hydrogens is 260 g/mol. The van der Waals surface area contributed by atoms with Crippen LogP contribution in [0.15, 0.2) is 36.0 Å². The number of ketones is 3. The van der Waals surface area contributed by atoms with Gasteiger partial charge in [-0.05, 0) is 26.3 Å². The summed E-state index contributed by atoms with van der Waals surface area (Å²) in [6.45, 7) is 5.98. The summed E-state index contributed by atoms with van der Waals surface area (Å²) in [5.74, 6) is -1.75. The summed E-state index contributed by atoms with van der Waals surface area (Å²) in [6.07, 6.45) is 3.99. The Morgan fingerprint density at radius 3 is 2.10 bits per heavy atom. The molecule has 0 aliphatic carbocycles. The van der Waals surface area contributed by atoms with E-state index in [0.717, 1.165) is 6.08 Å². The molecule has 0 spiro atoms. The maximum Gasteiger partial charge on any atom is 0.305 e. The van der Waals surface area contributed by atoms with Gasteiger partial charge >= 0.3 is 5.97 Å². The number of carbonyl (C=O) groups is 4. The first kappa shape index (κ1) is 17.7. The van der Waals surface area contributed by atoms with Crippen molar-refractivity contribution in [1.82, 2.24) is 0 Å². The number of hydrogen-bond acceptors (Lipinski definition) is 5. The number of Topliss-reactive ketones (excluding diaryl/α,β-unsaturated/α-hetero) is 2. The molecule has 0 bridgehead atoms. The summed E-state index contributed by atoms with van der Waals surface area (Å²) in [5, 5.41) is 0. The molecule has 0 aromatic rings. The molecule has 20 heavy (non-hydrogen) atoms. The van der Waals surface area contributed by atoms with Gasteiger partial charge in [-0.2, -0.15) is 0 Å². The Kier molecular flexibility index (Phi) is 7.74. The van der Waals surface area contributed by atoms with Gasteiger partial charge in [0.2, 0.25) is 0 Å². The van der Waals surface area contributed by atoms with E-state index in [9.17, 15) is 19.2 Å². The third-order valence-corrected chi connectivity index (χ3v) is 2.48. The van der Waals surface area contributed by atoms with E-state index in [-0.39, 0.29) is 29.8 Å². The van der Waals surface area contributed by atoms with Gasteiger partial charge in [0.15, 0.2) is 17.3 Å². The van der Waals surface area contributed by atoms with E-state index in [1.807, 2.05) is 0 Å².